The molecule has 0 saturated carbocycles. The molecular formula is C29H28S. The molecule has 0 bridgehead atoms. The predicted octanol–water partition coefficient (Wildman–Crippen LogP) is 7.09. The van der Waals surface area contributed by atoms with Crippen molar-refractivity contribution >= 4 is 11.8 Å². The second-order valence-corrected chi connectivity index (χ2v) is 8.49. The summed E-state index contributed by atoms with van der Waals surface area (Å²) >= 11 is 1.74. The lowest BCUT2D eigenvalue weighted by molar-refractivity contribution is 0.918. The molecule has 0 atom stereocenters. The van der Waals surface area contributed by atoms with Gasteiger partial charge in [0, 0.05) is 27.1 Å². The van der Waals surface area contributed by atoms with Crippen molar-refractivity contribution in [2.75, 3.05) is 6.26 Å². The summed E-state index contributed by atoms with van der Waals surface area (Å²) in [6.07, 6.45) is 4.37. The second-order valence-electron chi connectivity index (χ2n) is 7.61. The summed E-state index contributed by atoms with van der Waals surface area (Å²) in [5, 5.41) is 0. The monoisotopic (exact) mass is 408 g/mol. The molecular weight excluding hydrogens is 380 g/mol. The number of hydrogen-bond acceptors (Lipinski definition) is 1. The second kappa shape index (κ2) is 10.2. The Morgan fingerprint density at radius 3 is 1.93 bits per heavy atom. The van der Waals surface area contributed by atoms with Crippen LogP contribution in [0.1, 0.15) is 57.9 Å². The molecule has 1 heteroatoms. The van der Waals surface area contributed by atoms with Crippen LogP contribution in [0.15, 0.2) is 59.5 Å². The number of hydrogen-bond donors (Lipinski definition) is 0. The summed E-state index contributed by atoms with van der Waals surface area (Å²) in [6, 6.07) is 19.2. The molecule has 0 N–H and O–H groups in total. The molecule has 3 aromatic carbocycles. The first-order valence-electron chi connectivity index (χ1n) is 10.4. The third kappa shape index (κ3) is 5.60. The SMILES string of the molecule is CCCc1cc(C)c(C#Cc2ccc(C#Cc3ccc(SC)cc3)c(C)c2)c(C)c1. The molecule has 0 radical (unpaired) electrons. The van der Waals surface area contributed by atoms with Crippen LogP contribution in [0.3, 0.4) is 0 Å². The van der Waals surface area contributed by atoms with Gasteiger partial charge in [-0.25, -0.2) is 0 Å². The average Bonchev–Trinajstić information content (AvgIpc) is 2.73. The molecule has 3 aromatic rings. The van der Waals surface area contributed by atoms with E-state index in [1.54, 1.807) is 11.8 Å². The number of thioether (sulfide) groups is 1. The van der Waals surface area contributed by atoms with Gasteiger partial charge in [0.15, 0.2) is 0 Å². The summed E-state index contributed by atoms with van der Waals surface area (Å²) in [5.41, 5.74) is 9.33. The fourth-order valence-corrected chi connectivity index (χ4v) is 3.92. The third-order valence-electron chi connectivity index (χ3n) is 5.12. The normalized spacial score (nSPS) is 10.0. The zero-order valence-corrected chi connectivity index (χ0v) is 19.3. The first kappa shape index (κ1) is 21.8. The van der Waals surface area contributed by atoms with Gasteiger partial charge in [-0.2, -0.15) is 0 Å². The van der Waals surface area contributed by atoms with Crippen molar-refractivity contribution in [2.45, 2.75) is 45.4 Å². The molecule has 0 aliphatic rings. The Hall–Kier alpha value is -2.87. The van der Waals surface area contributed by atoms with Crippen molar-refractivity contribution in [3.05, 3.63) is 99.1 Å². The Balaban J connectivity index is 1.81. The molecule has 0 heterocycles. The van der Waals surface area contributed by atoms with Crippen molar-refractivity contribution in [1.82, 2.24) is 0 Å². The Morgan fingerprint density at radius 2 is 1.33 bits per heavy atom. The lowest BCUT2D eigenvalue weighted by Gasteiger charge is -2.07. The fraction of sp³-hybridized carbons (Fsp3) is 0.241. The molecule has 150 valence electrons. The van der Waals surface area contributed by atoms with Gasteiger partial charge in [0.05, 0.1) is 0 Å². The Bertz CT molecular complexity index is 1140. The van der Waals surface area contributed by atoms with Gasteiger partial charge in [0.1, 0.15) is 0 Å². The summed E-state index contributed by atoms with van der Waals surface area (Å²) < 4.78 is 0. The molecule has 0 nitrogen and oxygen atoms in total. The summed E-state index contributed by atoms with van der Waals surface area (Å²) in [6.45, 7) is 8.63. The minimum Gasteiger partial charge on any atom is -0.130 e. The first-order chi connectivity index (χ1) is 14.5. The van der Waals surface area contributed by atoms with Crippen molar-refractivity contribution in [2.24, 2.45) is 0 Å². The van der Waals surface area contributed by atoms with E-state index in [0.717, 1.165) is 34.2 Å². The van der Waals surface area contributed by atoms with Crippen molar-refractivity contribution in [3.8, 4) is 23.7 Å². The fourth-order valence-electron chi connectivity index (χ4n) is 3.51. The van der Waals surface area contributed by atoms with Crippen LogP contribution in [0.25, 0.3) is 0 Å². The quantitative estimate of drug-likeness (QED) is 0.329. The lowest BCUT2D eigenvalue weighted by atomic mass is 9.97. The molecule has 0 unspecified atom stereocenters. The third-order valence-corrected chi connectivity index (χ3v) is 5.86. The number of benzene rings is 3. The van der Waals surface area contributed by atoms with E-state index in [2.05, 4.69) is 112 Å². The van der Waals surface area contributed by atoms with Crippen LogP contribution in [-0.4, -0.2) is 6.26 Å². The van der Waals surface area contributed by atoms with Crippen LogP contribution in [0.5, 0.6) is 0 Å². The molecule has 0 fully saturated rings. The maximum absolute atomic E-state index is 3.39. The van der Waals surface area contributed by atoms with Crippen LogP contribution < -0.4 is 0 Å². The van der Waals surface area contributed by atoms with Crippen molar-refractivity contribution in [1.29, 1.82) is 0 Å². The topological polar surface area (TPSA) is 0 Å². The van der Waals surface area contributed by atoms with E-state index in [9.17, 15) is 0 Å². The van der Waals surface area contributed by atoms with E-state index in [1.165, 1.54) is 28.0 Å². The molecule has 0 amide bonds. The van der Waals surface area contributed by atoms with Gasteiger partial charge in [-0.1, -0.05) is 49.2 Å². The Kier molecular flexibility index (Phi) is 7.46. The van der Waals surface area contributed by atoms with Crippen LogP contribution in [0, 0.1) is 44.5 Å². The molecule has 0 aliphatic carbocycles. The maximum Gasteiger partial charge on any atom is 0.0307 e. The van der Waals surface area contributed by atoms with Gasteiger partial charge in [-0.05, 0) is 98.2 Å². The highest BCUT2D eigenvalue weighted by molar-refractivity contribution is 7.98. The molecule has 3 rings (SSSR count). The number of aryl methyl sites for hydroxylation is 4. The van der Waals surface area contributed by atoms with Gasteiger partial charge >= 0.3 is 0 Å². The zero-order chi connectivity index (χ0) is 21.5. The van der Waals surface area contributed by atoms with E-state index < -0.39 is 0 Å². The van der Waals surface area contributed by atoms with Crippen LogP contribution in [0.2, 0.25) is 0 Å². The smallest absolute Gasteiger partial charge is 0.0307 e. The Labute approximate surface area is 186 Å². The highest BCUT2D eigenvalue weighted by atomic mass is 32.2. The minimum atomic E-state index is 1.03. The summed E-state index contributed by atoms with van der Waals surface area (Å²) in [4.78, 5) is 1.25. The average molecular weight is 409 g/mol. The largest absolute Gasteiger partial charge is 0.130 e. The molecule has 0 aliphatic heterocycles. The first-order valence-corrected chi connectivity index (χ1v) is 11.6. The zero-order valence-electron chi connectivity index (χ0n) is 18.5. The van der Waals surface area contributed by atoms with E-state index in [0.29, 0.717) is 0 Å². The van der Waals surface area contributed by atoms with Gasteiger partial charge in [-0.3, -0.25) is 0 Å². The minimum absolute atomic E-state index is 1.03. The highest BCUT2D eigenvalue weighted by Gasteiger charge is 2.03. The van der Waals surface area contributed by atoms with Gasteiger partial charge in [0.2, 0.25) is 0 Å². The van der Waals surface area contributed by atoms with Gasteiger partial charge in [-0.15, -0.1) is 11.8 Å². The molecule has 30 heavy (non-hydrogen) atoms. The van der Waals surface area contributed by atoms with Crippen LogP contribution >= 0.6 is 11.8 Å². The summed E-state index contributed by atoms with van der Waals surface area (Å²) in [7, 11) is 0. The highest BCUT2D eigenvalue weighted by Crippen LogP contribution is 2.18. The van der Waals surface area contributed by atoms with Gasteiger partial charge in [0.25, 0.3) is 0 Å². The predicted molar refractivity (Wildman–Crippen MR) is 131 cm³/mol. The van der Waals surface area contributed by atoms with E-state index >= 15 is 0 Å². The van der Waals surface area contributed by atoms with Crippen molar-refractivity contribution in [3.63, 3.8) is 0 Å². The molecule has 0 aromatic heterocycles. The van der Waals surface area contributed by atoms with E-state index in [4.69, 9.17) is 0 Å². The maximum atomic E-state index is 3.39. The van der Waals surface area contributed by atoms with E-state index in [1.807, 2.05) is 0 Å². The van der Waals surface area contributed by atoms with E-state index in [-0.39, 0.29) is 0 Å². The van der Waals surface area contributed by atoms with Crippen LogP contribution in [0.4, 0.5) is 0 Å². The lowest BCUT2D eigenvalue weighted by Crippen LogP contribution is -1.93. The van der Waals surface area contributed by atoms with Crippen molar-refractivity contribution < 1.29 is 0 Å². The molecule has 0 saturated heterocycles. The number of rotatable bonds is 3. The standard InChI is InChI=1S/C29H28S/c1-6-7-26-19-22(3)29(23(4)20-26)17-12-25-9-14-27(21(2)18-25)13-8-24-10-15-28(30-5)16-11-24/h9-11,14-16,18-20H,6-7H2,1-5H3. The molecule has 0 spiro atoms. The van der Waals surface area contributed by atoms with Crippen LogP contribution in [-0.2, 0) is 6.42 Å². The van der Waals surface area contributed by atoms with Gasteiger partial charge < -0.3 is 0 Å². The Morgan fingerprint density at radius 1 is 0.700 bits per heavy atom. The summed E-state index contributed by atoms with van der Waals surface area (Å²) in [5.74, 6) is 13.3.